The summed E-state index contributed by atoms with van der Waals surface area (Å²) in [5, 5.41) is 36.8. The van der Waals surface area contributed by atoms with Gasteiger partial charge in [0.2, 0.25) is 0 Å². The molecule has 0 saturated heterocycles. The minimum atomic E-state index is -1.95. The van der Waals surface area contributed by atoms with Gasteiger partial charge in [0.25, 0.3) is 0 Å². The molecule has 0 atom stereocenters. The van der Waals surface area contributed by atoms with Crippen molar-refractivity contribution in [2.75, 3.05) is 6.61 Å². The van der Waals surface area contributed by atoms with Crippen molar-refractivity contribution < 1.29 is 53.6 Å². The minimum Gasteiger partial charge on any atom is -0.478 e. The normalized spacial score (nSPS) is 10.6. The van der Waals surface area contributed by atoms with Gasteiger partial charge < -0.3 is 29.6 Å². The predicted molar refractivity (Wildman–Crippen MR) is 84.6 cm³/mol. The number of esters is 1. The molecule has 27 heavy (non-hydrogen) atoms. The molecule has 0 bridgehead atoms. The summed E-state index contributed by atoms with van der Waals surface area (Å²) in [6.07, 6.45) is 0.931. The van der Waals surface area contributed by atoms with Crippen molar-refractivity contribution in [1.29, 1.82) is 0 Å². The molecule has 0 aliphatic carbocycles. The second-order valence-electron chi connectivity index (χ2n) is 5.21. The molecule has 0 amide bonds. The highest BCUT2D eigenvalue weighted by atomic mass is 16.5. The summed E-state index contributed by atoms with van der Waals surface area (Å²) in [5.41, 5.74) is -5.88. The number of carbonyl (C=O) groups is 5. The van der Waals surface area contributed by atoms with Gasteiger partial charge in [-0.25, -0.2) is 24.0 Å². The second-order valence-corrected chi connectivity index (χ2v) is 5.21. The van der Waals surface area contributed by atoms with Gasteiger partial charge in [-0.2, -0.15) is 0 Å². The lowest BCUT2D eigenvalue weighted by Crippen LogP contribution is -2.21. The Kier molecular flexibility index (Phi) is 5.15. The van der Waals surface area contributed by atoms with E-state index >= 15 is 0 Å². The van der Waals surface area contributed by atoms with Gasteiger partial charge in [0.1, 0.15) is 17.4 Å². The molecule has 1 aromatic heterocycles. The quantitative estimate of drug-likeness (QED) is 0.512. The Hall–Kier alpha value is -3.89. The summed E-state index contributed by atoms with van der Waals surface area (Å²) in [6.45, 7) is 1.47. The van der Waals surface area contributed by atoms with E-state index in [0.717, 1.165) is 0 Å². The molecule has 0 saturated carbocycles. The highest BCUT2D eigenvalue weighted by Gasteiger charge is 2.37. The maximum absolute atomic E-state index is 12.4. The maximum atomic E-state index is 12.4. The number of rotatable bonds is 7. The molecule has 4 N–H and O–H groups in total. The first-order valence-electron chi connectivity index (χ1n) is 7.34. The van der Waals surface area contributed by atoms with Crippen molar-refractivity contribution in [3.8, 4) is 0 Å². The summed E-state index contributed by atoms with van der Waals surface area (Å²) in [6, 6.07) is 0. The van der Waals surface area contributed by atoms with Crippen LogP contribution in [-0.2, 0) is 4.74 Å². The zero-order valence-electron chi connectivity index (χ0n) is 13.6. The molecule has 0 spiro atoms. The highest BCUT2D eigenvalue weighted by molar-refractivity contribution is 6.25. The molecule has 0 radical (unpaired) electrons. The Morgan fingerprint density at radius 2 is 1.37 bits per heavy atom. The fourth-order valence-corrected chi connectivity index (χ4v) is 2.54. The standard InChI is InChI=1S/C16H12O11/c1-2-3-26-16(25)9-6-5(12(17)18)4-27-11(6)10(15(23)24)8(14(21)22)7(9)13(19)20/h4H,2-3H2,1H3,(H,17,18)(H,19,20)(H,21,22)(H,23,24). The molecule has 11 heteroatoms. The molecular formula is C16H12O11. The first kappa shape index (κ1) is 19.4. The molecule has 0 aliphatic rings. The lowest BCUT2D eigenvalue weighted by atomic mass is 9.90. The van der Waals surface area contributed by atoms with Crippen LogP contribution < -0.4 is 0 Å². The van der Waals surface area contributed by atoms with Crippen molar-refractivity contribution in [2.24, 2.45) is 0 Å². The number of carboxylic acid groups (broad SMARTS) is 4. The first-order valence-corrected chi connectivity index (χ1v) is 7.34. The molecule has 0 unspecified atom stereocenters. The fourth-order valence-electron chi connectivity index (χ4n) is 2.54. The first-order chi connectivity index (χ1) is 12.6. The zero-order valence-corrected chi connectivity index (χ0v) is 13.6. The van der Waals surface area contributed by atoms with Gasteiger partial charge in [-0.1, -0.05) is 6.92 Å². The van der Waals surface area contributed by atoms with Crippen molar-refractivity contribution in [3.05, 3.63) is 34.1 Å². The van der Waals surface area contributed by atoms with Crippen LogP contribution in [0.25, 0.3) is 11.0 Å². The molecule has 1 aromatic carbocycles. The topological polar surface area (TPSA) is 189 Å². The molecule has 2 aromatic rings. The van der Waals surface area contributed by atoms with Gasteiger partial charge in [0, 0.05) is 0 Å². The SMILES string of the molecule is CCCOC(=O)c1c(C(=O)O)c(C(=O)O)c(C(=O)O)c2occ(C(=O)O)c12. The van der Waals surface area contributed by atoms with Crippen molar-refractivity contribution in [1.82, 2.24) is 0 Å². The van der Waals surface area contributed by atoms with Crippen molar-refractivity contribution in [3.63, 3.8) is 0 Å². The summed E-state index contributed by atoms with van der Waals surface area (Å²) in [7, 11) is 0. The van der Waals surface area contributed by atoms with Gasteiger partial charge in [0.05, 0.1) is 28.7 Å². The highest BCUT2D eigenvalue weighted by Crippen LogP contribution is 2.35. The third-order valence-corrected chi connectivity index (χ3v) is 3.53. The van der Waals surface area contributed by atoms with Gasteiger partial charge in [-0.3, -0.25) is 0 Å². The zero-order chi connectivity index (χ0) is 20.5. The van der Waals surface area contributed by atoms with E-state index in [1.165, 1.54) is 0 Å². The summed E-state index contributed by atoms with van der Waals surface area (Å²) < 4.78 is 9.74. The van der Waals surface area contributed by atoms with Crippen LogP contribution >= 0.6 is 0 Å². The third-order valence-electron chi connectivity index (χ3n) is 3.53. The van der Waals surface area contributed by atoms with E-state index in [0.29, 0.717) is 12.7 Å². The van der Waals surface area contributed by atoms with Crippen molar-refractivity contribution >= 4 is 40.8 Å². The third kappa shape index (κ3) is 3.17. The smallest absolute Gasteiger partial charge is 0.340 e. The predicted octanol–water partition coefficient (Wildman–Crippen LogP) is 1.79. The largest absolute Gasteiger partial charge is 0.478 e. The number of aromatic carboxylic acids is 4. The van der Waals surface area contributed by atoms with E-state index in [-0.39, 0.29) is 6.61 Å². The van der Waals surface area contributed by atoms with E-state index in [9.17, 15) is 44.4 Å². The van der Waals surface area contributed by atoms with Crippen LogP contribution in [0.2, 0.25) is 0 Å². The molecule has 0 fully saturated rings. The van der Waals surface area contributed by atoms with Crippen LogP contribution in [0.15, 0.2) is 10.7 Å². The number of carboxylic acids is 4. The van der Waals surface area contributed by atoms with Crippen LogP contribution in [0.3, 0.4) is 0 Å². The lowest BCUT2D eigenvalue weighted by Gasteiger charge is -2.13. The maximum Gasteiger partial charge on any atom is 0.340 e. The van der Waals surface area contributed by atoms with Crippen LogP contribution in [0.4, 0.5) is 0 Å². The van der Waals surface area contributed by atoms with Gasteiger partial charge in [-0.15, -0.1) is 0 Å². The van der Waals surface area contributed by atoms with E-state index in [4.69, 9.17) is 9.15 Å². The molecule has 142 valence electrons. The van der Waals surface area contributed by atoms with Gasteiger partial charge in [-0.05, 0) is 6.42 Å². The Morgan fingerprint density at radius 3 is 1.81 bits per heavy atom. The average molecular weight is 380 g/mol. The number of ether oxygens (including phenoxy) is 1. The monoisotopic (exact) mass is 380 g/mol. The lowest BCUT2D eigenvalue weighted by molar-refractivity contribution is 0.0495. The molecule has 0 aliphatic heterocycles. The summed E-state index contributed by atoms with van der Waals surface area (Å²) in [4.78, 5) is 58.7. The fraction of sp³-hybridized carbons (Fsp3) is 0.188. The van der Waals surface area contributed by atoms with Crippen molar-refractivity contribution in [2.45, 2.75) is 13.3 Å². The minimum absolute atomic E-state index is 0.164. The summed E-state index contributed by atoms with van der Waals surface area (Å²) in [5.74, 6) is -8.74. The molecule has 2 rings (SSSR count). The summed E-state index contributed by atoms with van der Waals surface area (Å²) >= 11 is 0. The number of carbonyl (C=O) groups excluding carboxylic acids is 1. The van der Waals surface area contributed by atoms with Crippen LogP contribution in [0.5, 0.6) is 0 Å². The molecule has 1 heterocycles. The van der Waals surface area contributed by atoms with E-state index in [1.54, 1.807) is 6.92 Å². The second kappa shape index (κ2) is 7.15. The van der Waals surface area contributed by atoms with E-state index in [2.05, 4.69) is 0 Å². The number of hydrogen-bond acceptors (Lipinski definition) is 7. The number of hydrogen-bond donors (Lipinski definition) is 4. The van der Waals surface area contributed by atoms with E-state index in [1.807, 2.05) is 0 Å². The van der Waals surface area contributed by atoms with Gasteiger partial charge >= 0.3 is 29.8 Å². The van der Waals surface area contributed by atoms with E-state index < -0.39 is 68.6 Å². The Morgan fingerprint density at radius 1 is 0.852 bits per heavy atom. The van der Waals surface area contributed by atoms with Crippen LogP contribution in [-0.4, -0.2) is 56.9 Å². The Labute approximate surface area is 149 Å². The number of fused-ring (bicyclic) bond motifs is 1. The number of furan rings is 1. The Bertz CT molecular complexity index is 996. The average Bonchev–Trinajstić information content (AvgIpc) is 3.01. The Balaban J connectivity index is 3.16. The number of benzene rings is 1. The van der Waals surface area contributed by atoms with Crippen LogP contribution in [0.1, 0.15) is 65.1 Å². The van der Waals surface area contributed by atoms with Crippen LogP contribution in [0, 0.1) is 0 Å². The van der Waals surface area contributed by atoms with Gasteiger partial charge in [0.15, 0.2) is 5.58 Å². The molecule has 11 nitrogen and oxygen atoms in total. The molecular weight excluding hydrogens is 368 g/mol.